The first-order valence-electron chi connectivity index (χ1n) is 10.1. The van der Waals surface area contributed by atoms with Crippen molar-refractivity contribution in [3.8, 4) is 22.5 Å². The van der Waals surface area contributed by atoms with Crippen LogP contribution in [-0.2, 0) is 19.4 Å². The predicted molar refractivity (Wildman–Crippen MR) is 148 cm³/mol. The second-order valence-corrected chi connectivity index (χ2v) is 9.20. The number of hydrogen-bond acceptors (Lipinski definition) is 5. The smallest absolute Gasteiger partial charge is 0.205 e. The monoisotopic (exact) mass is 672 g/mol. The van der Waals surface area contributed by atoms with Crippen molar-refractivity contribution < 1.29 is 0 Å². The van der Waals surface area contributed by atoms with Crippen molar-refractivity contribution in [2.75, 3.05) is 5.32 Å². The third-order valence-electron chi connectivity index (χ3n) is 5.13. The van der Waals surface area contributed by atoms with E-state index in [1.807, 2.05) is 18.2 Å². The zero-order valence-electron chi connectivity index (χ0n) is 17.7. The van der Waals surface area contributed by atoms with Gasteiger partial charge in [0.15, 0.2) is 0 Å². The molecular formula is C23H23ClI2N6. The maximum Gasteiger partial charge on any atom is 0.205 e. The topological polar surface area (TPSA) is 79.4 Å². The van der Waals surface area contributed by atoms with E-state index in [4.69, 9.17) is 4.98 Å². The van der Waals surface area contributed by atoms with Gasteiger partial charge in [-0.1, -0.05) is 62.4 Å². The Bertz CT molecular complexity index is 1150. The highest BCUT2D eigenvalue weighted by atomic mass is 127. The summed E-state index contributed by atoms with van der Waals surface area (Å²) in [6, 6.07) is 16.7. The lowest BCUT2D eigenvalue weighted by atomic mass is 9.98. The van der Waals surface area contributed by atoms with E-state index in [1.165, 1.54) is 18.4 Å². The highest BCUT2D eigenvalue weighted by Crippen LogP contribution is 2.32. The number of H-pyrrole nitrogens is 1. The third-order valence-corrected chi connectivity index (χ3v) is 7.46. The number of rotatable bonds is 7. The van der Waals surface area contributed by atoms with Crippen LogP contribution in [0.25, 0.3) is 22.5 Å². The fourth-order valence-corrected chi connectivity index (χ4v) is 5.91. The van der Waals surface area contributed by atoms with E-state index in [0.29, 0.717) is 5.82 Å². The van der Waals surface area contributed by atoms with Gasteiger partial charge in [-0.3, -0.25) is 4.98 Å². The van der Waals surface area contributed by atoms with E-state index in [9.17, 15) is 0 Å². The quantitative estimate of drug-likeness (QED) is 0.226. The van der Waals surface area contributed by atoms with Crippen molar-refractivity contribution in [2.45, 2.75) is 33.2 Å². The van der Waals surface area contributed by atoms with Gasteiger partial charge in [-0.15, -0.1) is 22.6 Å². The molecule has 9 heteroatoms. The second-order valence-electron chi connectivity index (χ2n) is 7.05. The molecule has 0 radical (unpaired) electrons. The summed E-state index contributed by atoms with van der Waals surface area (Å²) in [5.41, 5.74) is 7.90. The minimum atomic E-state index is 0. The number of aromatic amines is 1. The van der Waals surface area contributed by atoms with Crippen LogP contribution in [0.3, 0.4) is 0 Å². The highest BCUT2D eigenvalue weighted by Gasteiger charge is 2.15. The van der Waals surface area contributed by atoms with Crippen molar-refractivity contribution >= 4 is 63.3 Å². The number of aromatic nitrogens is 5. The van der Waals surface area contributed by atoms with Crippen LogP contribution in [0.4, 0.5) is 5.69 Å². The minimum Gasteiger partial charge on any atom is -0.379 e. The molecule has 0 aliphatic heterocycles. The molecule has 2 aromatic heterocycles. The molecule has 0 aliphatic rings. The summed E-state index contributed by atoms with van der Waals surface area (Å²) in [5, 5.41) is 18.1. The number of tetrazole rings is 1. The number of halogens is 3. The molecular weight excluding hydrogens is 650 g/mol. The Hall–Kier alpha value is -1.79. The molecule has 4 rings (SSSR count). The predicted octanol–water partition coefficient (Wildman–Crippen LogP) is 6.30. The Kier molecular flexibility index (Phi) is 8.83. The number of pyridine rings is 1. The molecule has 0 saturated heterocycles. The maximum atomic E-state index is 4.83. The summed E-state index contributed by atoms with van der Waals surface area (Å²) in [6.45, 7) is 5.08. The van der Waals surface area contributed by atoms with Gasteiger partial charge < -0.3 is 5.32 Å². The Morgan fingerprint density at radius 2 is 1.50 bits per heavy atom. The maximum absolute atomic E-state index is 4.83. The zero-order valence-corrected chi connectivity index (χ0v) is 22.8. The van der Waals surface area contributed by atoms with Crippen LogP contribution in [0.15, 0.2) is 48.5 Å². The van der Waals surface area contributed by atoms with E-state index in [-0.39, 0.29) is 12.4 Å². The highest BCUT2D eigenvalue weighted by molar-refractivity contribution is 14.1. The standard InChI is InChI=1S/C23H22I2N6.ClH/c1-3-18-20(24)22(21(25)19(4-2)27-18)26-13-14-9-11-15(12-10-14)16-7-5-6-8-17(16)23-28-30-31-29-23;/h5-12H,3-4,13H2,1-2H3,(H,26,27)(H,28,29,30,31);1H. The number of aryl methyl sites for hydroxylation is 2. The van der Waals surface area contributed by atoms with Gasteiger partial charge in [0.2, 0.25) is 5.82 Å². The fourth-order valence-electron chi connectivity index (χ4n) is 3.47. The van der Waals surface area contributed by atoms with Gasteiger partial charge >= 0.3 is 0 Å². The fraction of sp³-hybridized carbons (Fsp3) is 0.217. The molecule has 0 saturated carbocycles. The van der Waals surface area contributed by atoms with Gasteiger partial charge in [0.05, 0.1) is 24.2 Å². The SMILES string of the molecule is CCc1nc(CC)c(I)c(NCc2ccc(-c3ccccc3-c3nn[nH]n3)cc2)c1I.Cl. The Morgan fingerprint density at radius 1 is 0.875 bits per heavy atom. The summed E-state index contributed by atoms with van der Waals surface area (Å²) in [4.78, 5) is 4.83. The number of nitrogens with one attached hydrogen (secondary N) is 2. The van der Waals surface area contributed by atoms with Gasteiger partial charge in [-0.25, -0.2) is 0 Å². The van der Waals surface area contributed by atoms with E-state index < -0.39 is 0 Å². The summed E-state index contributed by atoms with van der Waals surface area (Å²) < 4.78 is 2.43. The van der Waals surface area contributed by atoms with Gasteiger partial charge in [0, 0.05) is 12.1 Å². The van der Waals surface area contributed by atoms with Crippen LogP contribution in [0.5, 0.6) is 0 Å². The first-order chi connectivity index (χ1) is 15.1. The first kappa shape index (κ1) is 24.8. The molecule has 0 amide bonds. The number of anilines is 1. The van der Waals surface area contributed by atoms with Gasteiger partial charge in [0.1, 0.15) is 0 Å². The average molecular weight is 673 g/mol. The summed E-state index contributed by atoms with van der Waals surface area (Å²) in [5.74, 6) is 0.599. The lowest BCUT2D eigenvalue weighted by Crippen LogP contribution is -2.09. The molecule has 0 spiro atoms. The average Bonchev–Trinajstić information content (AvgIpc) is 3.34. The van der Waals surface area contributed by atoms with Crippen LogP contribution in [0.1, 0.15) is 30.8 Å². The van der Waals surface area contributed by atoms with Crippen LogP contribution < -0.4 is 5.32 Å². The summed E-state index contributed by atoms with van der Waals surface area (Å²) >= 11 is 4.83. The Labute approximate surface area is 221 Å². The molecule has 0 aliphatic carbocycles. The van der Waals surface area contributed by atoms with Crippen LogP contribution >= 0.6 is 57.6 Å². The second kappa shape index (κ2) is 11.4. The van der Waals surface area contributed by atoms with Crippen molar-refractivity contribution in [3.05, 3.63) is 72.6 Å². The lowest BCUT2D eigenvalue weighted by Gasteiger charge is -2.16. The molecule has 0 fully saturated rings. The molecule has 0 unspecified atom stereocenters. The van der Waals surface area contributed by atoms with Crippen LogP contribution in [-0.4, -0.2) is 25.6 Å². The minimum absolute atomic E-state index is 0. The summed E-state index contributed by atoms with van der Waals surface area (Å²) in [6.07, 6.45) is 1.87. The van der Waals surface area contributed by atoms with Crippen molar-refractivity contribution in [1.29, 1.82) is 0 Å². The first-order valence-corrected chi connectivity index (χ1v) is 12.3. The van der Waals surface area contributed by atoms with Crippen molar-refractivity contribution in [2.24, 2.45) is 0 Å². The summed E-state index contributed by atoms with van der Waals surface area (Å²) in [7, 11) is 0. The zero-order chi connectivity index (χ0) is 21.8. The molecule has 2 N–H and O–H groups in total. The molecule has 0 bridgehead atoms. The number of hydrogen-bond donors (Lipinski definition) is 2. The Balaban J connectivity index is 0.00000289. The molecule has 6 nitrogen and oxygen atoms in total. The molecule has 166 valence electrons. The molecule has 4 aromatic rings. The molecule has 2 heterocycles. The molecule has 0 atom stereocenters. The lowest BCUT2D eigenvalue weighted by molar-refractivity contribution is 0.881. The van der Waals surface area contributed by atoms with Crippen LogP contribution in [0, 0.1) is 7.14 Å². The molecule has 32 heavy (non-hydrogen) atoms. The Morgan fingerprint density at radius 3 is 2.06 bits per heavy atom. The largest absolute Gasteiger partial charge is 0.379 e. The van der Waals surface area contributed by atoms with Crippen LogP contribution in [0.2, 0.25) is 0 Å². The number of nitrogens with zero attached hydrogens (tertiary/aromatic N) is 4. The van der Waals surface area contributed by atoms with Gasteiger partial charge in [-0.2, -0.15) is 5.21 Å². The van der Waals surface area contributed by atoms with Gasteiger partial charge in [0.25, 0.3) is 0 Å². The third kappa shape index (κ3) is 5.23. The van der Waals surface area contributed by atoms with Crippen molar-refractivity contribution in [1.82, 2.24) is 25.6 Å². The van der Waals surface area contributed by atoms with Gasteiger partial charge in [-0.05, 0) is 79.9 Å². The normalized spacial score (nSPS) is 10.6. The molecule has 2 aromatic carbocycles. The van der Waals surface area contributed by atoms with E-state index in [1.54, 1.807) is 0 Å². The van der Waals surface area contributed by atoms with E-state index in [0.717, 1.165) is 47.5 Å². The van der Waals surface area contributed by atoms with Crippen molar-refractivity contribution in [3.63, 3.8) is 0 Å². The number of benzene rings is 2. The van der Waals surface area contributed by atoms with E-state index in [2.05, 4.69) is 115 Å². The van der Waals surface area contributed by atoms with E-state index >= 15 is 0 Å².